The monoisotopic (exact) mass is 222 g/mol. The van der Waals surface area contributed by atoms with Crippen LogP contribution in [0.3, 0.4) is 0 Å². The van der Waals surface area contributed by atoms with E-state index >= 15 is 0 Å². The topological polar surface area (TPSA) is 9.23 Å². The standard InChI is InChI=1S/C2H4FIOS/c3-1-2-5-6-4/h1-2H2. The Morgan fingerprint density at radius 1 is 1.83 bits per heavy atom. The lowest BCUT2D eigenvalue weighted by atomic mass is 10.9. The van der Waals surface area contributed by atoms with Crippen molar-refractivity contribution in [1.29, 1.82) is 0 Å². The van der Waals surface area contributed by atoms with Crippen LogP contribution in [0, 0.1) is 0 Å². The minimum Gasteiger partial charge on any atom is -0.303 e. The molecule has 0 unspecified atom stereocenters. The Labute approximate surface area is 52.4 Å². The van der Waals surface area contributed by atoms with Crippen LogP contribution in [0.5, 0.6) is 0 Å². The number of rotatable bonds is 3. The summed E-state index contributed by atoms with van der Waals surface area (Å²) in [6.45, 7) is -0.191. The highest BCUT2D eigenvalue weighted by Gasteiger charge is 1.78. The van der Waals surface area contributed by atoms with Crippen molar-refractivity contribution in [2.75, 3.05) is 13.3 Å². The molecule has 0 bridgehead atoms. The molecular weight excluding hydrogens is 218 g/mol. The van der Waals surface area contributed by atoms with Gasteiger partial charge in [-0.25, -0.2) is 4.39 Å². The molecule has 0 saturated heterocycles. The average molecular weight is 222 g/mol. The molecule has 0 aliphatic heterocycles. The van der Waals surface area contributed by atoms with Crippen LogP contribution in [0.4, 0.5) is 4.39 Å². The summed E-state index contributed by atoms with van der Waals surface area (Å²) in [6.07, 6.45) is 0. The van der Waals surface area contributed by atoms with Gasteiger partial charge >= 0.3 is 0 Å². The van der Waals surface area contributed by atoms with E-state index in [0.717, 1.165) is 9.21 Å². The Bertz CT molecular complexity index is 25.5. The molecule has 0 aliphatic rings. The minimum absolute atomic E-state index is 0.202. The summed E-state index contributed by atoms with van der Waals surface area (Å²) in [5.41, 5.74) is 0. The summed E-state index contributed by atoms with van der Waals surface area (Å²) >= 11 is 1.94. The predicted octanol–water partition coefficient (Wildman–Crippen LogP) is 1.97. The molecule has 0 atom stereocenters. The molecule has 0 aliphatic carbocycles. The van der Waals surface area contributed by atoms with Crippen LogP contribution < -0.4 is 0 Å². The summed E-state index contributed by atoms with van der Waals surface area (Å²) in [4.78, 5) is 0. The highest BCUT2D eigenvalue weighted by atomic mass is 127. The highest BCUT2D eigenvalue weighted by molar-refractivity contribution is 14.2. The Morgan fingerprint density at radius 2 is 2.50 bits per heavy atom. The zero-order valence-electron chi connectivity index (χ0n) is 2.99. The van der Waals surface area contributed by atoms with Gasteiger partial charge in [-0.05, 0) is 0 Å². The van der Waals surface area contributed by atoms with Gasteiger partial charge in [0, 0.05) is 21.2 Å². The second kappa shape index (κ2) is 5.97. The molecule has 6 heavy (non-hydrogen) atoms. The average Bonchev–Trinajstić information content (AvgIpc) is 1.61. The van der Waals surface area contributed by atoms with Gasteiger partial charge < -0.3 is 4.18 Å². The number of hydrogen-bond acceptors (Lipinski definition) is 2. The predicted molar refractivity (Wildman–Crippen MR) is 33.5 cm³/mol. The molecule has 38 valence electrons. The lowest BCUT2D eigenvalue weighted by Crippen LogP contribution is -1.83. The van der Waals surface area contributed by atoms with Crippen LogP contribution in [0.2, 0.25) is 0 Å². The van der Waals surface area contributed by atoms with Crippen molar-refractivity contribution in [2.45, 2.75) is 0 Å². The van der Waals surface area contributed by atoms with Crippen LogP contribution in [-0.4, -0.2) is 13.3 Å². The second-order valence-corrected chi connectivity index (χ2v) is 2.01. The van der Waals surface area contributed by atoms with E-state index in [-0.39, 0.29) is 6.61 Å². The zero-order valence-corrected chi connectivity index (χ0v) is 5.96. The molecule has 0 saturated carbocycles. The Hall–Kier alpha value is 0.970. The zero-order chi connectivity index (χ0) is 4.83. The first-order valence-electron chi connectivity index (χ1n) is 1.38. The van der Waals surface area contributed by atoms with Gasteiger partial charge in [-0.1, -0.05) is 0 Å². The van der Waals surface area contributed by atoms with E-state index in [2.05, 4.69) is 4.18 Å². The SMILES string of the molecule is FCCOSI. The van der Waals surface area contributed by atoms with Crippen molar-refractivity contribution in [3.63, 3.8) is 0 Å². The van der Waals surface area contributed by atoms with Gasteiger partial charge in [-0.15, -0.1) is 0 Å². The van der Waals surface area contributed by atoms with Crippen molar-refractivity contribution in [1.82, 2.24) is 0 Å². The second-order valence-electron chi connectivity index (χ2n) is 0.574. The maximum Gasteiger partial charge on any atom is 0.114 e. The molecule has 0 heterocycles. The summed E-state index contributed by atoms with van der Waals surface area (Å²) in [5.74, 6) is 0. The molecule has 0 aromatic rings. The molecule has 0 amide bonds. The Balaban J connectivity index is 2.34. The molecule has 0 aromatic heterocycles. The summed E-state index contributed by atoms with van der Waals surface area (Å²) < 4.78 is 15.5. The quantitative estimate of drug-likeness (QED) is 0.410. The van der Waals surface area contributed by atoms with E-state index in [4.69, 9.17) is 0 Å². The summed E-state index contributed by atoms with van der Waals surface area (Å²) in [6, 6.07) is 0. The Kier molecular flexibility index (Phi) is 6.94. The van der Waals surface area contributed by atoms with E-state index < -0.39 is 6.67 Å². The first-order valence-corrected chi connectivity index (χ1v) is 4.66. The van der Waals surface area contributed by atoms with E-state index in [1.54, 1.807) is 0 Å². The maximum atomic E-state index is 11.0. The number of hydrogen-bond donors (Lipinski definition) is 0. The minimum atomic E-state index is -0.393. The first-order chi connectivity index (χ1) is 2.91. The van der Waals surface area contributed by atoms with Gasteiger partial charge in [0.15, 0.2) is 0 Å². The fourth-order valence-electron chi connectivity index (χ4n) is 0.0630. The van der Waals surface area contributed by atoms with Crippen LogP contribution in [0.1, 0.15) is 0 Å². The van der Waals surface area contributed by atoms with Crippen LogP contribution in [0.15, 0.2) is 0 Å². The lowest BCUT2D eigenvalue weighted by molar-refractivity contribution is 0.316. The number of halogens is 2. The molecular formula is C2H4FIOS. The number of alkyl halides is 1. The van der Waals surface area contributed by atoms with E-state index in [0.29, 0.717) is 0 Å². The molecule has 0 spiro atoms. The van der Waals surface area contributed by atoms with Crippen molar-refractivity contribution in [3.05, 3.63) is 0 Å². The van der Waals surface area contributed by atoms with E-state index in [9.17, 15) is 4.39 Å². The third-order valence-corrected chi connectivity index (χ3v) is 1.22. The molecule has 1 nitrogen and oxygen atoms in total. The molecule has 0 radical (unpaired) electrons. The lowest BCUT2D eigenvalue weighted by Gasteiger charge is -1.85. The van der Waals surface area contributed by atoms with Crippen LogP contribution in [0.25, 0.3) is 0 Å². The van der Waals surface area contributed by atoms with E-state index in [1.165, 1.54) is 0 Å². The first kappa shape index (κ1) is 6.97. The maximum absolute atomic E-state index is 11.0. The molecule has 0 N–H and O–H groups in total. The summed E-state index contributed by atoms with van der Waals surface area (Å²) in [5, 5.41) is 0. The third-order valence-electron chi connectivity index (χ3n) is 0.205. The molecule has 4 heteroatoms. The van der Waals surface area contributed by atoms with Crippen molar-refractivity contribution < 1.29 is 8.57 Å². The van der Waals surface area contributed by atoms with Crippen LogP contribution >= 0.6 is 30.4 Å². The summed E-state index contributed by atoms with van der Waals surface area (Å²) in [7, 11) is 1.16. The smallest absolute Gasteiger partial charge is 0.114 e. The van der Waals surface area contributed by atoms with Gasteiger partial charge in [0.25, 0.3) is 0 Å². The van der Waals surface area contributed by atoms with Gasteiger partial charge in [-0.3, -0.25) is 0 Å². The van der Waals surface area contributed by atoms with Crippen molar-refractivity contribution >= 4 is 30.4 Å². The fourth-order valence-corrected chi connectivity index (χ4v) is 0.728. The van der Waals surface area contributed by atoms with Gasteiger partial charge in [0.2, 0.25) is 0 Å². The normalized spacial score (nSPS) is 9.00. The molecule has 0 rings (SSSR count). The molecule has 0 fully saturated rings. The van der Waals surface area contributed by atoms with Crippen LogP contribution in [-0.2, 0) is 4.18 Å². The third kappa shape index (κ3) is 4.97. The van der Waals surface area contributed by atoms with Gasteiger partial charge in [0.1, 0.15) is 6.67 Å². The largest absolute Gasteiger partial charge is 0.303 e. The highest BCUT2D eigenvalue weighted by Crippen LogP contribution is 2.10. The van der Waals surface area contributed by atoms with Gasteiger partial charge in [-0.2, -0.15) is 0 Å². The van der Waals surface area contributed by atoms with Crippen molar-refractivity contribution in [2.24, 2.45) is 0 Å². The van der Waals surface area contributed by atoms with Crippen molar-refractivity contribution in [3.8, 4) is 0 Å². The van der Waals surface area contributed by atoms with E-state index in [1.807, 2.05) is 21.2 Å². The Morgan fingerprint density at radius 3 is 2.67 bits per heavy atom. The molecule has 0 aromatic carbocycles. The fraction of sp³-hybridized carbons (Fsp3) is 1.00. The van der Waals surface area contributed by atoms with Gasteiger partial charge in [0.05, 0.1) is 15.8 Å².